The van der Waals surface area contributed by atoms with Gasteiger partial charge in [0.15, 0.2) is 24.8 Å². The Morgan fingerprint density at radius 2 is 0.735 bits per heavy atom. The van der Waals surface area contributed by atoms with Crippen molar-refractivity contribution in [3.05, 3.63) is 211 Å². The molecule has 68 heavy (non-hydrogen) atoms. The van der Waals surface area contributed by atoms with Crippen LogP contribution in [0.2, 0.25) is 0 Å². The predicted molar refractivity (Wildman–Crippen MR) is 275 cm³/mol. The molecular weight excluding hydrogens is 886 g/mol. The fraction of sp³-hybridized carbons (Fsp3) is 0.100. The molecule has 4 aromatic carbocycles. The van der Waals surface area contributed by atoms with Gasteiger partial charge in [-0.1, -0.05) is 149 Å². The summed E-state index contributed by atoms with van der Waals surface area (Å²) in [5.41, 5.74) is 16.9. The first kappa shape index (κ1) is 46.7. The van der Waals surface area contributed by atoms with Crippen molar-refractivity contribution in [3.63, 3.8) is 0 Å². The summed E-state index contributed by atoms with van der Waals surface area (Å²) < 4.78 is 10.6. The Morgan fingerprint density at radius 1 is 0.397 bits per heavy atom. The number of hydrogen-bond donors (Lipinski definition) is 0. The fourth-order valence-electron chi connectivity index (χ4n) is 8.74. The van der Waals surface area contributed by atoms with Crippen LogP contribution in [0.4, 0.5) is 0 Å². The third-order valence-electron chi connectivity index (χ3n) is 11.9. The molecule has 8 bridgehead atoms. The molecule has 7 nitrogen and oxygen atoms in total. The van der Waals surface area contributed by atoms with Crippen molar-refractivity contribution in [1.82, 2.24) is 19.9 Å². The van der Waals surface area contributed by atoms with Gasteiger partial charge in [-0.05, 0) is 92.1 Å². The van der Waals surface area contributed by atoms with Gasteiger partial charge in [0, 0.05) is 30.7 Å². The van der Waals surface area contributed by atoms with E-state index in [1.165, 1.54) is 11.1 Å². The second-order valence-corrected chi connectivity index (χ2v) is 16.2. The molecule has 11 rings (SSSR count). The molecule has 0 N–H and O–H groups in total. The Morgan fingerprint density at radius 3 is 1.09 bits per heavy atom. The Kier molecular flexibility index (Phi) is 14.3. The molecule has 9 aromatic rings. The topological polar surface area (TPSA) is 71.0 Å². The van der Waals surface area contributed by atoms with E-state index in [0.29, 0.717) is 6.73 Å². The first-order valence-corrected chi connectivity index (χ1v) is 22.1. The van der Waals surface area contributed by atoms with E-state index in [1.54, 1.807) is 0 Å². The van der Waals surface area contributed by atoms with Gasteiger partial charge in [0.2, 0.25) is 0 Å². The van der Waals surface area contributed by atoms with Crippen molar-refractivity contribution >= 4 is 46.4 Å². The van der Waals surface area contributed by atoms with E-state index < -0.39 is 0 Å². The van der Waals surface area contributed by atoms with E-state index in [4.69, 9.17) is 24.7 Å². The number of hydrogen-bond acceptors (Lipinski definition) is 3. The Balaban J connectivity index is 0.00000208. The number of rotatable bonds is 10. The molecule has 0 unspecified atom stereocenters. The second-order valence-electron chi connectivity index (χ2n) is 16.2. The van der Waals surface area contributed by atoms with E-state index in [1.807, 2.05) is 34.9 Å². The van der Waals surface area contributed by atoms with Gasteiger partial charge in [0.05, 0.1) is 22.8 Å². The van der Waals surface area contributed by atoms with Gasteiger partial charge >= 0.3 is 19.5 Å². The maximum absolute atomic E-state index is 6.32. The molecule has 7 heterocycles. The molecule has 0 spiro atoms. The van der Waals surface area contributed by atoms with Gasteiger partial charge in [-0.15, -0.1) is 22.1 Å². The van der Waals surface area contributed by atoms with Crippen molar-refractivity contribution in [2.45, 2.75) is 41.5 Å². The SMILES string of the molecule is C.C.CCC[n+]1ccc(-c2cc[n+](COc3ccc(-c4c5nc(c(-c6ccccc6)c6ccc([n-]6)c(-c6ccccc6)c6nc(c(-c7ccccc7)c7ccc4[n-]7)C=C6)C=C5)cc3)cc2)cc1.[Zn+2]. The number of aryl methyl sites for hydroxylation is 1. The molecule has 2 aliphatic heterocycles. The van der Waals surface area contributed by atoms with Gasteiger partial charge in [-0.25, -0.2) is 14.5 Å². The average molecular weight is 939 g/mol. The van der Waals surface area contributed by atoms with Crippen molar-refractivity contribution in [2.24, 2.45) is 0 Å². The summed E-state index contributed by atoms with van der Waals surface area (Å²) in [7, 11) is 0. The average Bonchev–Trinajstić information content (AvgIpc) is 4.22. The zero-order valence-electron chi connectivity index (χ0n) is 36.6. The van der Waals surface area contributed by atoms with Crippen LogP contribution in [0.5, 0.6) is 5.75 Å². The third kappa shape index (κ3) is 9.42. The molecule has 0 aliphatic carbocycles. The number of nitrogens with zero attached hydrogens (tertiary/aromatic N) is 6. The van der Waals surface area contributed by atoms with Crippen LogP contribution < -0.4 is 23.8 Å². The van der Waals surface area contributed by atoms with E-state index in [0.717, 1.165) is 108 Å². The van der Waals surface area contributed by atoms with Crippen LogP contribution in [0.3, 0.4) is 0 Å². The first-order valence-electron chi connectivity index (χ1n) is 22.1. The predicted octanol–water partition coefficient (Wildman–Crippen LogP) is 13.5. The standard InChI is InChI=1S/C58H44N6O.2CH4.Zn/c1-2-34-63-35-30-40(31-36-63)41-32-37-64(38-33-41)39-65-46-20-18-45(19-21-46)58-53-28-26-51(61-53)56(43-14-8-4-9-15-43)49-24-22-47(59-49)55(42-12-6-3-7-13-42)48-23-25-50(60-48)57(44-16-10-5-11-17-44)52-27-29-54(58)62-52;;;/h3-33,35-38H,2,34,39H2,1H3;2*1H4;/q;;;+2. The normalized spacial score (nSPS) is 11.3. The number of fused-ring (bicyclic) bond motifs is 8. The van der Waals surface area contributed by atoms with Crippen molar-refractivity contribution in [3.8, 4) is 61.4 Å². The summed E-state index contributed by atoms with van der Waals surface area (Å²) in [5.74, 6) is 0.761. The van der Waals surface area contributed by atoms with Crippen LogP contribution >= 0.6 is 0 Å². The summed E-state index contributed by atoms with van der Waals surface area (Å²) in [4.78, 5) is 21.6. The Bertz CT molecular complexity index is 3360. The monoisotopic (exact) mass is 936 g/mol. The van der Waals surface area contributed by atoms with Gasteiger partial charge < -0.3 is 14.7 Å². The molecule has 0 amide bonds. The summed E-state index contributed by atoms with van der Waals surface area (Å²) in [5, 5.41) is 0. The van der Waals surface area contributed by atoms with E-state index >= 15 is 0 Å². The van der Waals surface area contributed by atoms with E-state index in [2.05, 4.69) is 194 Å². The number of benzene rings is 4. The van der Waals surface area contributed by atoms with Gasteiger partial charge in [-0.3, -0.25) is 0 Å². The largest absolute Gasteiger partial charge is 2.00 e. The molecular formula is C60H52N6OZn+2. The molecule has 2 aliphatic rings. The van der Waals surface area contributed by atoms with Gasteiger partial charge in [0.25, 0.3) is 6.73 Å². The minimum absolute atomic E-state index is 0. The zero-order valence-corrected chi connectivity index (χ0v) is 39.6. The molecule has 0 atom stereocenters. The van der Waals surface area contributed by atoms with Crippen molar-refractivity contribution < 1.29 is 33.3 Å². The maximum atomic E-state index is 6.32. The van der Waals surface area contributed by atoms with Crippen LogP contribution in [-0.2, 0) is 32.8 Å². The zero-order chi connectivity index (χ0) is 43.5. The van der Waals surface area contributed by atoms with Crippen LogP contribution in [0.1, 0.15) is 51.0 Å². The summed E-state index contributed by atoms with van der Waals surface area (Å²) >= 11 is 0. The molecule has 328 valence electrons. The van der Waals surface area contributed by atoms with Gasteiger partial charge in [-0.2, -0.15) is 4.57 Å². The van der Waals surface area contributed by atoms with Crippen LogP contribution in [0, 0.1) is 0 Å². The molecule has 0 saturated carbocycles. The second kappa shape index (κ2) is 20.8. The molecule has 0 saturated heterocycles. The fourth-order valence-corrected chi connectivity index (χ4v) is 8.74. The first-order chi connectivity index (χ1) is 32.1. The van der Waals surface area contributed by atoms with E-state index in [-0.39, 0.29) is 34.3 Å². The Hall–Kier alpha value is -7.80. The van der Waals surface area contributed by atoms with E-state index in [9.17, 15) is 0 Å². The smallest absolute Gasteiger partial charge is 0.657 e. The number of pyridine rings is 2. The van der Waals surface area contributed by atoms with Crippen LogP contribution in [-0.4, -0.2) is 9.97 Å². The third-order valence-corrected chi connectivity index (χ3v) is 11.9. The molecule has 5 aromatic heterocycles. The maximum Gasteiger partial charge on any atom is 2.00 e. The Labute approximate surface area is 411 Å². The molecule has 0 fully saturated rings. The number of aromatic nitrogens is 6. The minimum atomic E-state index is 0. The quantitative estimate of drug-likeness (QED) is 0.101. The summed E-state index contributed by atoms with van der Waals surface area (Å²) in [6.07, 6.45) is 17.9. The number of ether oxygens (including phenoxy) is 1. The van der Waals surface area contributed by atoms with Crippen LogP contribution in [0.15, 0.2) is 189 Å². The molecule has 8 heteroatoms. The van der Waals surface area contributed by atoms with Crippen molar-refractivity contribution in [2.75, 3.05) is 0 Å². The molecule has 0 radical (unpaired) electrons. The summed E-state index contributed by atoms with van der Waals surface area (Å²) in [6.45, 7) is 3.58. The minimum Gasteiger partial charge on any atom is -0.657 e. The van der Waals surface area contributed by atoms with Gasteiger partial charge in [0.1, 0.15) is 12.3 Å². The summed E-state index contributed by atoms with van der Waals surface area (Å²) in [6, 6.07) is 56.4. The van der Waals surface area contributed by atoms with Crippen molar-refractivity contribution in [1.29, 1.82) is 0 Å². The van der Waals surface area contributed by atoms with Crippen LogP contribution in [0.25, 0.3) is 102 Å².